The maximum absolute atomic E-state index is 13.0. The predicted octanol–water partition coefficient (Wildman–Crippen LogP) is 7.28. The van der Waals surface area contributed by atoms with Crippen LogP contribution >= 0.6 is 15.9 Å². The van der Waals surface area contributed by atoms with Gasteiger partial charge < -0.3 is 9.64 Å². The molecule has 0 bridgehead atoms. The van der Waals surface area contributed by atoms with E-state index < -0.39 is 0 Å². The van der Waals surface area contributed by atoms with E-state index in [0.29, 0.717) is 6.61 Å². The van der Waals surface area contributed by atoms with Gasteiger partial charge in [-0.3, -0.25) is 9.59 Å². The highest BCUT2D eigenvalue weighted by Crippen LogP contribution is 2.21. The van der Waals surface area contributed by atoms with E-state index in [0.717, 1.165) is 56.7 Å². The molecule has 0 aliphatic heterocycles. The lowest BCUT2D eigenvalue weighted by atomic mass is 9.93. The number of amides is 1. The number of halogens is 1. The average Bonchev–Trinajstić information content (AvgIpc) is 2.74. The Morgan fingerprint density at radius 3 is 1.87 bits per heavy atom. The second-order valence-corrected chi connectivity index (χ2v) is 9.41. The molecule has 1 unspecified atom stereocenters. The highest BCUT2D eigenvalue weighted by atomic mass is 79.9. The Labute approximate surface area is 195 Å². The number of carbonyl (C=O) groups is 2. The first kappa shape index (κ1) is 29.4. The summed E-state index contributed by atoms with van der Waals surface area (Å²) < 4.78 is 5.33. The van der Waals surface area contributed by atoms with Gasteiger partial charge >= 0.3 is 5.97 Å². The molecule has 1 amide bonds. The first-order valence-corrected chi connectivity index (χ1v) is 13.6. The van der Waals surface area contributed by atoms with E-state index in [-0.39, 0.29) is 24.3 Å². The topological polar surface area (TPSA) is 46.6 Å². The summed E-state index contributed by atoms with van der Waals surface area (Å²) in [6.45, 7) is 4.97. The zero-order valence-corrected chi connectivity index (χ0v) is 21.6. The lowest BCUT2D eigenvalue weighted by Gasteiger charge is -2.23. The van der Waals surface area contributed by atoms with Crippen LogP contribution in [0.25, 0.3) is 0 Å². The minimum absolute atomic E-state index is 0.0510. The molecule has 0 rings (SSSR count). The molecule has 0 saturated heterocycles. The number of esters is 1. The van der Waals surface area contributed by atoms with Crippen LogP contribution in [-0.4, -0.2) is 42.3 Å². The van der Waals surface area contributed by atoms with Crippen molar-refractivity contribution in [1.29, 1.82) is 0 Å². The van der Waals surface area contributed by atoms with Crippen LogP contribution in [0.3, 0.4) is 0 Å². The molecule has 0 aromatic rings. The SMILES string of the molecule is CCCCCCCCC(CCCCCC)C(=O)N(C)CC(=O)OCCCCCCBr. The lowest BCUT2D eigenvalue weighted by Crippen LogP contribution is -2.37. The fraction of sp³-hybridized carbons (Fsp3) is 0.920. The minimum atomic E-state index is -0.282. The third kappa shape index (κ3) is 17.1. The van der Waals surface area contributed by atoms with Gasteiger partial charge in [-0.2, -0.15) is 0 Å². The largest absolute Gasteiger partial charge is 0.464 e. The van der Waals surface area contributed by atoms with Crippen molar-refractivity contribution < 1.29 is 14.3 Å². The first-order chi connectivity index (χ1) is 14.6. The van der Waals surface area contributed by atoms with Gasteiger partial charge in [-0.25, -0.2) is 0 Å². The molecule has 0 aromatic heterocycles. The molecular formula is C25H48BrNO3. The van der Waals surface area contributed by atoms with E-state index in [9.17, 15) is 9.59 Å². The molecule has 0 spiro atoms. The van der Waals surface area contributed by atoms with E-state index in [2.05, 4.69) is 29.8 Å². The van der Waals surface area contributed by atoms with Gasteiger partial charge in [0.15, 0.2) is 0 Å². The number of hydrogen-bond acceptors (Lipinski definition) is 3. The first-order valence-electron chi connectivity index (χ1n) is 12.5. The molecule has 0 N–H and O–H groups in total. The van der Waals surface area contributed by atoms with Gasteiger partial charge in [-0.15, -0.1) is 0 Å². The maximum atomic E-state index is 13.0. The summed E-state index contributed by atoms with van der Waals surface area (Å²) in [7, 11) is 1.75. The average molecular weight is 491 g/mol. The third-order valence-corrected chi connectivity index (χ3v) is 6.26. The second kappa shape index (κ2) is 21.6. The van der Waals surface area contributed by atoms with E-state index in [1.165, 1.54) is 51.4 Å². The summed E-state index contributed by atoms with van der Waals surface area (Å²) in [6, 6.07) is 0. The number of unbranched alkanes of at least 4 members (excludes halogenated alkanes) is 11. The number of carbonyl (C=O) groups excluding carboxylic acids is 2. The van der Waals surface area contributed by atoms with Crippen molar-refractivity contribution in [3.05, 3.63) is 0 Å². The Bertz CT molecular complexity index is 417. The molecule has 4 nitrogen and oxygen atoms in total. The quantitative estimate of drug-likeness (QED) is 0.0965. The monoisotopic (exact) mass is 489 g/mol. The van der Waals surface area contributed by atoms with Crippen LogP contribution in [0.1, 0.15) is 117 Å². The smallest absolute Gasteiger partial charge is 0.325 e. The van der Waals surface area contributed by atoms with Crippen molar-refractivity contribution in [3.8, 4) is 0 Å². The molecule has 1 atom stereocenters. The summed E-state index contributed by atoms with van der Waals surface area (Å²) >= 11 is 3.42. The Balaban J connectivity index is 4.32. The predicted molar refractivity (Wildman–Crippen MR) is 131 cm³/mol. The fourth-order valence-corrected chi connectivity index (χ4v) is 4.14. The minimum Gasteiger partial charge on any atom is -0.464 e. The molecular weight excluding hydrogens is 442 g/mol. The highest BCUT2D eigenvalue weighted by Gasteiger charge is 2.23. The zero-order chi connectivity index (χ0) is 22.5. The van der Waals surface area contributed by atoms with E-state index in [1.54, 1.807) is 11.9 Å². The van der Waals surface area contributed by atoms with Crippen molar-refractivity contribution in [2.75, 3.05) is 25.5 Å². The van der Waals surface area contributed by atoms with Crippen LogP contribution in [0, 0.1) is 5.92 Å². The fourth-order valence-electron chi connectivity index (χ4n) is 3.74. The van der Waals surface area contributed by atoms with Crippen molar-refractivity contribution in [1.82, 2.24) is 4.90 Å². The summed E-state index contributed by atoms with van der Waals surface area (Å²) in [5, 5.41) is 1.03. The Kier molecular flexibility index (Phi) is 21.2. The van der Waals surface area contributed by atoms with Crippen LogP contribution < -0.4 is 0 Å². The van der Waals surface area contributed by atoms with Gasteiger partial charge in [0.05, 0.1) is 6.61 Å². The summed E-state index contributed by atoms with van der Waals surface area (Å²) in [5.74, 6) is -0.111. The number of rotatable bonds is 21. The van der Waals surface area contributed by atoms with Crippen molar-refractivity contribution in [2.24, 2.45) is 5.92 Å². The molecule has 0 aromatic carbocycles. The van der Waals surface area contributed by atoms with Crippen LogP contribution in [-0.2, 0) is 14.3 Å². The van der Waals surface area contributed by atoms with Gasteiger partial charge in [0.2, 0.25) is 5.91 Å². The number of nitrogens with zero attached hydrogens (tertiary/aromatic N) is 1. The maximum Gasteiger partial charge on any atom is 0.325 e. The number of alkyl halides is 1. The van der Waals surface area contributed by atoms with Gasteiger partial charge in [-0.05, 0) is 25.7 Å². The van der Waals surface area contributed by atoms with Crippen molar-refractivity contribution in [3.63, 3.8) is 0 Å². The molecule has 0 heterocycles. The van der Waals surface area contributed by atoms with Gasteiger partial charge in [0.1, 0.15) is 6.54 Å². The lowest BCUT2D eigenvalue weighted by molar-refractivity contribution is -0.150. The standard InChI is InChI=1S/C25H48BrNO3/c1-4-6-8-10-11-15-19-23(18-14-9-7-5-2)25(29)27(3)22-24(28)30-21-17-13-12-16-20-26/h23H,4-22H2,1-3H3. The Morgan fingerprint density at radius 1 is 0.767 bits per heavy atom. The molecule has 5 heteroatoms. The van der Waals surface area contributed by atoms with Crippen LogP contribution in [0.5, 0.6) is 0 Å². The normalized spacial score (nSPS) is 12.0. The molecule has 0 radical (unpaired) electrons. The molecule has 0 aliphatic rings. The van der Waals surface area contributed by atoms with Crippen LogP contribution in [0.15, 0.2) is 0 Å². The van der Waals surface area contributed by atoms with Gasteiger partial charge in [0.25, 0.3) is 0 Å². The van der Waals surface area contributed by atoms with E-state index >= 15 is 0 Å². The molecule has 30 heavy (non-hydrogen) atoms. The van der Waals surface area contributed by atoms with Gasteiger partial charge in [0, 0.05) is 18.3 Å². The number of likely N-dealkylation sites (N-methyl/N-ethyl adjacent to an activating group) is 1. The Hall–Kier alpha value is -0.580. The summed E-state index contributed by atoms with van der Waals surface area (Å²) in [5.41, 5.74) is 0. The van der Waals surface area contributed by atoms with E-state index in [1.807, 2.05) is 0 Å². The third-order valence-electron chi connectivity index (χ3n) is 5.70. The molecule has 0 aliphatic carbocycles. The molecule has 0 saturated carbocycles. The van der Waals surface area contributed by atoms with Crippen molar-refractivity contribution in [2.45, 2.75) is 117 Å². The number of hydrogen-bond donors (Lipinski definition) is 0. The van der Waals surface area contributed by atoms with E-state index in [4.69, 9.17) is 4.74 Å². The second-order valence-electron chi connectivity index (χ2n) is 8.62. The summed E-state index contributed by atoms with van der Waals surface area (Å²) in [6.07, 6.45) is 18.4. The van der Waals surface area contributed by atoms with Gasteiger partial charge in [-0.1, -0.05) is 107 Å². The zero-order valence-electron chi connectivity index (χ0n) is 20.1. The number of ether oxygens (including phenoxy) is 1. The highest BCUT2D eigenvalue weighted by molar-refractivity contribution is 9.09. The molecule has 0 fully saturated rings. The van der Waals surface area contributed by atoms with Crippen molar-refractivity contribution >= 4 is 27.8 Å². The van der Waals surface area contributed by atoms with Crippen LogP contribution in [0.4, 0.5) is 0 Å². The summed E-state index contributed by atoms with van der Waals surface area (Å²) in [4.78, 5) is 26.7. The van der Waals surface area contributed by atoms with Crippen LogP contribution in [0.2, 0.25) is 0 Å². The molecule has 178 valence electrons. The Morgan fingerprint density at radius 2 is 1.27 bits per heavy atom.